The number of benzene rings is 1. The third-order valence-electron chi connectivity index (χ3n) is 5.63. The molecule has 2 heterocycles. The molecule has 1 aromatic carbocycles. The van der Waals surface area contributed by atoms with Crippen molar-refractivity contribution in [1.82, 2.24) is 14.9 Å². The number of nitrogens with zero attached hydrogens (tertiary/aromatic N) is 4. The van der Waals surface area contributed by atoms with Crippen LogP contribution in [0.1, 0.15) is 41.9 Å². The normalized spacial score (nSPS) is 17.5. The van der Waals surface area contributed by atoms with E-state index in [1.54, 1.807) is 0 Å². The second-order valence-corrected chi connectivity index (χ2v) is 8.34. The monoisotopic (exact) mass is 398 g/mol. The average Bonchev–Trinajstić information content (AvgIpc) is 3.51. The molecule has 28 heavy (non-hydrogen) atoms. The van der Waals surface area contributed by atoms with Crippen LogP contribution in [0.4, 0.5) is 5.82 Å². The number of hydrogen-bond donors (Lipinski definition) is 0. The summed E-state index contributed by atoms with van der Waals surface area (Å²) in [4.78, 5) is 26.3. The maximum absolute atomic E-state index is 12.5. The highest BCUT2D eigenvalue weighted by Crippen LogP contribution is 2.32. The fourth-order valence-corrected chi connectivity index (χ4v) is 4.06. The molecule has 0 bridgehead atoms. The van der Waals surface area contributed by atoms with E-state index in [0.717, 1.165) is 79.8 Å². The Bertz CT molecular complexity index is 864. The highest BCUT2D eigenvalue weighted by atomic mass is 35.5. The number of amides is 1. The van der Waals surface area contributed by atoms with Crippen LogP contribution in [0.5, 0.6) is 0 Å². The Hall–Kier alpha value is -2.14. The summed E-state index contributed by atoms with van der Waals surface area (Å²) >= 11 is 6.04. The Balaban J connectivity index is 1.57. The molecule has 1 aromatic heterocycles. The number of carbonyl (C=O) groups excluding carboxylic acids is 1. The largest absolute Gasteiger partial charge is 0.354 e. The molecule has 148 valence electrons. The van der Waals surface area contributed by atoms with E-state index in [4.69, 9.17) is 16.6 Å². The van der Waals surface area contributed by atoms with Gasteiger partial charge in [0, 0.05) is 54.8 Å². The zero-order chi connectivity index (χ0) is 19.7. The number of halogens is 1. The predicted molar refractivity (Wildman–Crippen MR) is 112 cm³/mol. The first-order chi connectivity index (χ1) is 13.5. The first kappa shape index (κ1) is 19.2. The van der Waals surface area contributed by atoms with E-state index in [9.17, 15) is 4.79 Å². The third-order valence-corrected chi connectivity index (χ3v) is 5.88. The van der Waals surface area contributed by atoms with E-state index in [2.05, 4.69) is 33.8 Å². The van der Waals surface area contributed by atoms with Crippen LogP contribution in [-0.2, 0) is 11.2 Å². The van der Waals surface area contributed by atoms with Gasteiger partial charge in [-0.2, -0.15) is 0 Å². The van der Waals surface area contributed by atoms with Gasteiger partial charge in [0.05, 0.1) is 0 Å². The van der Waals surface area contributed by atoms with E-state index < -0.39 is 0 Å². The zero-order valence-electron chi connectivity index (χ0n) is 16.6. The average molecular weight is 399 g/mol. The van der Waals surface area contributed by atoms with Crippen LogP contribution in [0.15, 0.2) is 24.3 Å². The molecule has 6 heteroatoms. The fraction of sp³-hybridized carbons (Fsp3) is 0.500. The van der Waals surface area contributed by atoms with Crippen molar-refractivity contribution in [1.29, 1.82) is 0 Å². The number of carbonyl (C=O) groups is 1. The quantitative estimate of drug-likeness (QED) is 0.786. The lowest BCUT2D eigenvalue weighted by Gasteiger charge is -2.26. The van der Waals surface area contributed by atoms with Crippen molar-refractivity contribution in [2.45, 2.75) is 39.5 Å². The molecule has 1 saturated carbocycles. The van der Waals surface area contributed by atoms with Gasteiger partial charge in [-0.15, -0.1) is 0 Å². The van der Waals surface area contributed by atoms with Crippen LogP contribution in [-0.4, -0.2) is 47.0 Å². The lowest BCUT2D eigenvalue weighted by Crippen LogP contribution is -2.36. The molecule has 0 N–H and O–H groups in total. The van der Waals surface area contributed by atoms with E-state index in [1.807, 2.05) is 19.1 Å². The third kappa shape index (κ3) is 4.30. The summed E-state index contributed by atoms with van der Waals surface area (Å²) in [6, 6.07) is 7.97. The summed E-state index contributed by atoms with van der Waals surface area (Å²) in [5, 5.41) is 0.744. The number of anilines is 1. The molecule has 2 fully saturated rings. The number of hydrogen-bond acceptors (Lipinski definition) is 4. The van der Waals surface area contributed by atoms with Crippen molar-refractivity contribution in [3.05, 3.63) is 51.9 Å². The first-order valence-electron chi connectivity index (χ1n) is 10.1. The van der Waals surface area contributed by atoms with E-state index in [-0.39, 0.29) is 5.92 Å². The highest BCUT2D eigenvalue weighted by Gasteiger charge is 2.34. The summed E-state index contributed by atoms with van der Waals surface area (Å²) in [7, 11) is 0. The van der Waals surface area contributed by atoms with Crippen LogP contribution in [0.3, 0.4) is 0 Å². The van der Waals surface area contributed by atoms with Gasteiger partial charge in [-0.05, 0) is 50.8 Å². The highest BCUT2D eigenvalue weighted by molar-refractivity contribution is 6.30. The molecular weight excluding hydrogens is 372 g/mol. The Morgan fingerprint density at radius 1 is 1.07 bits per heavy atom. The SMILES string of the molecule is Cc1nc(C)c(Cc2ccc(Cl)cc2)c(N2CCCN(C(=O)C3CC3)CC2)n1. The first-order valence-corrected chi connectivity index (χ1v) is 10.5. The molecule has 1 aliphatic heterocycles. The van der Waals surface area contributed by atoms with E-state index in [0.29, 0.717) is 5.91 Å². The van der Waals surface area contributed by atoms with Gasteiger partial charge in [0.1, 0.15) is 11.6 Å². The molecule has 5 nitrogen and oxygen atoms in total. The van der Waals surface area contributed by atoms with Crippen LogP contribution < -0.4 is 4.90 Å². The minimum absolute atomic E-state index is 0.288. The van der Waals surface area contributed by atoms with E-state index in [1.165, 1.54) is 5.56 Å². The molecule has 2 aliphatic rings. The van der Waals surface area contributed by atoms with Crippen molar-refractivity contribution in [3.8, 4) is 0 Å². The molecule has 1 amide bonds. The second kappa shape index (κ2) is 8.08. The molecule has 0 radical (unpaired) electrons. The maximum atomic E-state index is 12.5. The van der Waals surface area contributed by atoms with Gasteiger partial charge in [0.2, 0.25) is 5.91 Å². The topological polar surface area (TPSA) is 49.3 Å². The smallest absolute Gasteiger partial charge is 0.225 e. The van der Waals surface area contributed by atoms with Crippen molar-refractivity contribution in [2.24, 2.45) is 5.92 Å². The Kier molecular flexibility index (Phi) is 5.54. The van der Waals surface area contributed by atoms with Crippen molar-refractivity contribution in [3.63, 3.8) is 0 Å². The number of rotatable bonds is 4. The predicted octanol–water partition coefficient (Wildman–Crippen LogP) is 3.79. The van der Waals surface area contributed by atoms with E-state index >= 15 is 0 Å². The number of aryl methyl sites for hydroxylation is 2. The van der Waals surface area contributed by atoms with Gasteiger partial charge in [-0.25, -0.2) is 9.97 Å². The van der Waals surface area contributed by atoms with Crippen LogP contribution in [0, 0.1) is 19.8 Å². The summed E-state index contributed by atoms with van der Waals surface area (Å²) in [6.45, 7) is 7.37. The Labute approximate surface area is 171 Å². The lowest BCUT2D eigenvalue weighted by atomic mass is 10.0. The zero-order valence-corrected chi connectivity index (χ0v) is 17.4. The molecule has 0 atom stereocenters. The summed E-state index contributed by atoms with van der Waals surface area (Å²) in [5.41, 5.74) is 3.38. The van der Waals surface area contributed by atoms with Crippen LogP contribution in [0.25, 0.3) is 0 Å². The Morgan fingerprint density at radius 2 is 1.82 bits per heavy atom. The Morgan fingerprint density at radius 3 is 2.54 bits per heavy atom. The molecule has 1 aliphatic carbocycles. The molecule has 0 unspecified atom stereocenters. The van der Waals surface area contributed by atoms with Gasteiger partial charge >= 0.3 is 0 Å². The summed E-state index contributed by atoms with van der Waals surface area (Å²) in [5.74, 6) is 2.44. The minimum atomic E-state index is 0.288. The van der Waals surface area contributed by atoms with Gasteiger partial charge in [-0.3, -0.25) is 4.79 Å². The molecular formula is C22H27ClN4O. The second-order valence-electron chi connectivity index (χ2n) is 7.90. The van der Waals surface area contributed by atoms with Crippen LogP contribution in [0.2, 0.25) is 5.02 Å². The molecule has 1 saturated heterocycles. The summed E-state index contributed by atoms with van der Waals surface area (Å²) < 4.78 is 0. The van der Waals surface area contributed by atoms with Crippen molar-refractivity contribution < 1.29 is 4.79 Å². The fourth-order valence-electron chi connectivity index (χ4n) is 3.93. The molecule has 2 aromatic rings. The van der Waals surface area contributed by atoms with Gasteiger partial charge in [0.15, 0.2) is 0 Å². The van der Waals surface area contributed by atoms with Gasteiger partial charge in [0.25, 0.3) is 0 Å². The standard InChI is InChI=1S/C22H27ClN4O/c1-15-20(14-17-4-8-19(23)9-5-17)21(25-16(2)24-15)26-10-3-11-27(13-12-26)22(28)18-6-7-18/h4-5,8-9,18H,3,6-7,10-14H2,1-2H3. The summed E-state index contributed by atoms with van der Waals surface area (Å²) in [6.07, 6.45) is 3.88. The minimum Gasteiger partial charge on any atom is -0.354 e. The van der Waals surface area contributed by atoms with Crippen molar-refractivity contribution in [2.75, 3.05) is 31.1 Å². The number of aromatic nitrogens is 2. The molecule has 0 spiro atoms. The van der Waals surface area contributed by atoms with Crippen molar-refractivity contribution >= 4 is 23.3 Å². The van der Waals surface area contributed by atoms with Gasteiger partial charge in [-0.1, -0.05) is 23.7 Å². The lowest BCUT2D eigenvalue weighted by molar-refractivity contribution is -0.132. The van der Waals surface area contributed by atoms with Gasteiger partial charge < -0.3 is 9.80 Å². The molecule has 4 rings (SSSR count). The van der Waals surface area contributed by atoms with Crippen LogP contribution >= 0.6 is 11.6 Å². The maximum Gasteiger partial charge on any atom is 0.225 e.